The highest BCUT2D eigenvalue weighted by atomic mass is 35.5. The Kier molecular flexibility index (Phi) is 4.20. The highest BCUT2D eigenvalue weighted by Crippen LogP contribution is 2.27. The fourth-order valence-electron chi connectivity index (χ4n) is 1.93. The molecule has 1 amide bonds. The van der Waals surface area contributed by atoms with Gasteiger partial charge in [0.25, 0.3) is 5.91 Å². The Morgan fingerprint density at radius 3 is 2.45 bits per heavy atom. The topological polar surface area (TPSA) is 59.2 Å². The Labute approximate surface area is 136 Å². The molecule has 0 radical (unpaired) electrons. The summed E-state index contributed by atoms with van der Waals surface area (Å²) in [5.41, 5.74) is 2.20. The van der Waals surface area contributed by atoms with Crippen molar-refractivity contribution in [2.24, 2.45) is 5.84 Å². The van der Waals surface area contributed by atoms with Gasteiger partial charge in [-0.25, -0.2) is 15.8 Å². The molecule has 110 valence electrons. The molecule has 1 heterocycles. The van der Waals surface area contributed by atoms with E-state index >= 15 is 0 Å². The van der Waals surface area contributed by atoms with Crippen LogP contribution in [-0.2, 0) is 0 Å². The summed E-state index contributed by atoms with van der Waals surface area (Å²) in [5, 5.41) is 4.04. The first kappa shape index (κ1) is 14.7. The van der Waals surface area contributed by atoms with E-state index in [1.165, 1.54) is 11.3 Å². The molecule has 22 heavy (non-hydrogen) atoms. The van der Waals surface area contributed by atoms with E-state index in [0.717, 1.165) is 16.3 Å². The number of hydrogen-bond donors (Lipinski definition) is 1. The minimum atomic E-state index is -0.294. The van der Waals surface area contributed by atoms with Crippen LogP contribution in [0.4, 0.5) is 5.13 Å². The van der Waals surface area contributed by atoms with Crippen LogP contribution in [0.15, 0.2) is 60.0 Å². The zero-order valence-corrected chi connectivity index (χ0v) is 13.0. The standard InChI is InChI=1S/C16H12ClN3OS/c17-13-8-6-11(7-9-13)14-10-22-16(19-14)20(18)15(21)12-4-2-1-3-5-12/h1-10H,18H2. The molecule has 0 spiro atoms. The van der Waals surface area contributed by atoms with E-state index in [0.29, 0.717) is 15.7 Å². The van der Waals surface area contributed by atoms with E-state index < -0.39 is 0 Å². The number of aromatic nitrogens is 1. The summed E-state index contributed by atoms with van der Waals surface area (Å²) in [6.45, 7) is 0. The summed E-state index contributed by atoms with van der Waals surface area (Å²) in [4.78, 5) is 16.7. The van der Waals surface area contributed by atoms with E-state index in [1.807, 2.05) is 23.6 Å². The Bertz CT molecular complexity index is 787. The van der Waals surface area contributed by atoms with Crippen molar-refractivity contribution >= 4 is 34.0 Å². The van der Waals surface area contributed by atoms with Gasteiger partial charge in [-0.05, 0) is 24.3 Å². The fourth-order valence-corrected chi connectivity index (χ4v) is 2.81. The van der Waals surface area contributed by atoms with E-state index in [-0.39, 0.29) is 5.91 Å². The number of nitrogens with two attached hydrogens (primary N) is 1. The molecule has 0 unspecified atom stereocenters. The number of halogens is 1. The Morgan fingerprint density at radius 1 is 1.09 bits per heavy atom. The minimum Gasteiger partial charge on any atom is -0.267 e. The van der Waals surface area contributed by atoms with Crippen LogP contribution in [0.25, 0.3) is 11.3 Å². The van der Waals surface area contributed by atoms with Crippen molar-refractivity contribution in [3.63, 3.8) is 0 Å². The van der Waals surface area contributed by atoms with Gasteiger partial charge in [0.1, 0.15) is 0 Å². The summed E-state index contributed by atoms with van der Waals surface area (Å²) < 4.78 is 0. The number of rotatable bonds is 3. The zero-order chi connectivity index (χ0) is 15.5. The second-order valence-corrected chi connectivity index (χ2v) is 5.84. The number of hydrogen-bond acceptors (Lipinski definition) is 4. The quantitative estimate of drug-likeness (QED) is 0.449. The first-order valence-electron chi connectivity index (χ1n) is 6.51. The lowest BCUT2D eigenvalue weighted by Gasteiger charge is -2.12. The summed E-state index contributed by atoms with van der Waals surface area (Å²) >= 11 is 7.19. The third kappa shape index (κ3) is 3.01. The van der Waals surface area contributed by atoms with Gasteiger partial charge in [0.15, 0.2) is 0 Å². The summed E-state index contributed by atoms with van der Waals surface area (Å²) in [6, 6.07) is 16.2. The third-order valence-corrected chi connectivity index (χ3v) is 4.17. The van der Waals surface area contributed by atoms with Crippen LogP contribution in [0.1, 0.15) is 10.4 Å². The van der Waals surface area contributed by atoms with Crippen LogP contribution >= 0.6 is 22.9 Å². The maximum absolute atomic E-state index is 12.3. The number of hydrazine groups is 1. The molecule has 3 rings (SSSR count). The molecule has 2 aromatic carbocycles. The number of carbonyl (C=O) groups is 1. The summed E-state index contributed by atoms with van der Waals surface area (Å²) in [7, 11) is 0. The van der Waals surface area contributed by atoms with Gasteiger partial charge in [-0.3, -0.25) is 4.79 Å². The molecule has 0 aliphatic rings. The summed E-state index contributed by atoms with van der Waals surface area (Å²) in [5.74, 6) is 5.60. The van der Waals surface area contributed by atoms with E-state index in [2.05, 4.69) is 4.98 Å². The first-order valence-corrected chi connectivity index (χ1v) is 7.76. The predicted octanol–water partition coefficient (Wildman–Crippen LogP) is 3.98. The third-order valence-electron chi connectivity index (χ3n) is 3.08. The maximum Gasteiger partial charge on any atom is 0.274 e. The van der Waals surface area contributed by atoms with Crippen LogP contribution in [-0.4, -0.2) is 10.9 Å². The van der Waals surface area contributed by atoms with Crippen LogP contribution in [0.3, 0.4) is 0 Å². The molecule has 3 aromatic rings. The van der Waals surface area contributed by atoms with Gasteiger partial charge < -0.3 is 0 Å². The molecule has 0 saturated heterocycles. The van der Waals surface area contributed by atoms with Crippen molar-refractivity contribution < 1.29 is 4.79 Å². The highest BCUT2D eigenvalue weighted by molar-refractivity contribution is 7.14. The molecule has 0 aliphatic heterocycles. The lowest BCUT2D eigenvalue weighted by molar-refractivity contribution is 0.0987. The van der Waals surface area contributed by atoms with Gasteiger partial charge in [0.05, 0.1) is 5.69 Å². The number of benzene rings is 2. The normalized spacial score (nSPS) is 10.5. The van der Waals surface area contributed by atoms with Crippen LogP contribution < -0.4 is 10.9 Å². The molecular formula is C16H12ClN3OS. The zero-order valence-electron chi connectivity index (χ0n) is 11.4. The number of thiazole rings is 1. The van der Waals surface area contributed by atoms with Crippen molar-refractivity contribution in [3.05, 3.63) is 70.6 Å². The second kappa shape index (κ2) is 6.27. The van der Waals surface area contributed by atoms with Crippen molar-refractivity contribution in [2.75, 3.05) is 5.01 Å². The van der Waals surface area contributed by atoms with Gasteiger partial charge in [0, 0.05) is 21.5 Å². The van der Waals surface area contributed by atoms with Crippen molar-refractivity contribution in [2.45, 2.75) is 0 Å². The van der Waals surface area contributed by atoms with Gasteiger partial charge in [-0.15, -0.1) is 11.3 Å². The van der Waals surface area contributed by atoms with Gasteiger partial charge in [-0.1, -0.05) is 41.9 Å². The molecule has 0 saturated carbocycles. The van der Waals surface area contributed by atoms with Gasteiger partial charge in [0.2, 0.25) is 5.13 Å². The monoisotopic (exact) mass is 329 g/mol. The predicted molar refractivity (Wildman–Crippen MR) is 90.0 cm³/mol. The van der Waals surface area contributed by atoms with Crippen LogP contribution in [0, 0.1) is 0 Å². The molecule has 2 N–H and O–H groups in total. The number of nitrogens with zero attached hydrogens (tertiary/aromatic N) is 2. The van der Waals surface area contributed by atoms with Crippen LogP contribution in [0.5, 0.6) is 0 Å². The van der Waals surface area contributed by atoms with Crippen molar-refractivity contribution in [3.8, 4) is 11.3 Å². The Morgan fingerprint density at radius 2 is 1.77 bits per heavy atom. The highest BCUT2D eigenvalue weighted by Gasteiger charge is 2.17. The average Bonchev–Trinajstić information content (AvgIpc) is 3.05. The lowest BCUT2D eigenvalue weighted by atomic mass is 10.2. The molecule has 0 fully saturated rings. The first-order chi connectivity index (χ1) is 10.6. The fraction of sp³-hybridized carbons (Fsp3) is 0. The number of anilines is 1. The SMILES string of the molecule is NN(C(=O)c1ccccc1)c1nc(-c2ccc(Cl)cc2)cs1. The molecule has 6 heteroatoms. The average molecular weight is 330 g/mol. The van der Waals surface area contributed by atoms with E-state index in [9.17, 15) is 4.79 Å². The molecule has 1 aromatic heterocycles. The van der Waals surface area contributed by atoms with Crippen LogP contribution in [0.2, 0.25) is 5.02 Å². The number of amides is 1. The van der Waals surface area contributed by atoms with Crippen molar-refractivity contribution in [1.29, 1.82) is 0 Å². The van der Waals surface area contributed by atoms with Gasteiger partial charge >= 0.3 is 0 Å². The molecule has 0 atom stereocenters. The lowest BCUT2D eigenvalue weighted by Crippen LogP contribution is -2.37. The number of carbonyl (C=O) groups excluding carboxylic acids is 1. The molecular weight excluding hydrogens is 318 g/mol. The minimum absolute atomic E-state index is 0.294. The Hall–Kier alpha value is -2.21. The maximum atomic E-state index is 12.3. The van der Waals surface area contributed by atoms with Gasteiger partial charge in [-0.2, -0.15) is 0 Å². The Balaban J connectivity index is 1.84. The second-order valence-electron chi connectivity index (χ2n) is 4.56. The summed E-state index contributed by atoms with van der Waals surface area (Å²) in [6.07, 6.45) is 0. The molecule has 4 nitrogen and oxygen atoms in total. The molecule has 0 bridgehead atoms. The van der Waals surface area contributed by atoms with E-state index in [4.69, 9.17) is 17.4 Å². The smallest absolute Gasteiger partial charge is 0.267 e. The van der Waals surface area contributed by atoms with Crippen molar-refractivity contribution in [1.82, 2.24) is 4.98 Å². The van der Waals surface area contributed by atoms with E-state index in [1.54, 1.807) is 36.4 Å². The largest absolute Gasteiger partial charge is 0.274 e. The molecule has 0 aliphatic carbocycles.